The number of amides is 10. The van der Waals surface area contributed by atoms with Crippen LogP contribution in [-0.2, 0) is 51.4 Å². The Morgan fingerprint density at radius 2 is 1.37 bits per heavy atom. The van der Waals surface area contributed by atoms with Gasteiger partial charge in [-0.3, -0.25) is 38.4 Å². The SMILES string of the molecule is COc1ccc(C2=CN3C(=O)c4cc(OC)c(OCCCOc5cc6c(cc5OC)C(=O)N5CC7(CC7)C[C@H]5C(O)N6C(=O)OCc5ccc(NC(=O)[C@H](CCCCNC(=O)OCC(Cl)(Cl)Cl)NC(=O)[C@@H](NC(=O)CNC(=O)CNC(=O)CCC(=O)N6Cc7ccccc7C#Cc7ccccc76)C(C)C)cc5)cc4NC[C@@H]3C2)cc1. The Morgan fingerprint density at radius 3 is 2.07 bits per heavy atom. The molecule has 32 heteroatoms. The van der Waals surface area contributed by atoms with Crippen LogP contribution in [0.4, 0.5) is 32.3 Å². The fourth-order valence-electron chi connectivity index (χ4n) is 14.4. The lowest BCUT2D eigenvalue weighted by Gasteiger charge is -2.31. The van der Waals surface area contributed by atoms with Crippen LogP contribution in [0.2, 0.25) is 0 Å². The number of anilines is 4. The maximum atomic E-state index is 14.7. The molecule has 6 aliphatic rings. The zero-order valence-corrected chi connectivity index (χ0v) is 66.3. The first-order valence-corrected chi connectivity index (χ1v) is 39.0. The van der Waals surface area contributed by atoms with Crippen LogP contribution in [0.1, 0.15) is 127 Å². The van der Waals surface area contributed by atoms with E-state index in [0.29, 0.717) is 78.3 Å². The maximum absolute atomic E-state index is 14.7. The minimum Gasteiger partial charge on any atom is -0.497 e. The Bertz CT molecular complexity index is 4770. The molecule has 5 heterocycles. The Hall–Kier alpha value is -11.5. The standard InChI is InChI=1S/C83H90Cl3N11O18/c1-49(2)74(93-72(100)43-90-71(99)42-89-70(98)28-29-73(101)95-44-54-15-7-6-13-51(54)20-21-53-14-8-9-17-63(53)95)76(103)92-61(16-10-11-32-87-80(107)115-48-83(84,85)86)75(102)91-56-24-18-50(19-25-56)46-114-81(108)97-64-39-69(67(111-5)37-60(64)78(105)96-47-82(30-31-82)40-65(96)79(97)106)113-34-12-33-112-68-38-62-59(36-66(68)110-4)77(104)94-45-55(35-57(94)41-88-62)52-22-26-58(109-3)27-23-52/h6-9,13-15,17-19,22-27,36-39,45,49,57,61,65,74,79,88,106H,10-12,16,28-35,40-44,46-48H2,1-5H3,(H,87,107)(H,89,98)(H,90,99)(H,91,102)(H,92,103)(H,93,100)/t57-,61-,65-,74-,79?/m0/s1. The van der Waals surface area contributed by atoms with Gasteiger partial charge >= 0.3 is 12.2 Å². The van der Waals surface area contributed by atoms with Gasteiger partial charge in [-0.05, 0) is 133 Å². The Labute approximate surface area is 679 Å². The van der Waals surface area contributed by atoms with Gasteiger partial charge in [0.1, 0.15) is 31.0 Å². The molecule has 0 radical (unpaired) electrons. The highest BCUT2D eigenvalue weighted by Gasteiger charge is 2.58. The summed E-state index contributed by atoms with van der Waals surface area (Å²) >= 11 is 17.2. The van der Waals surface area contributed by atoms with Gasteiger partial charge in [0.05, 0.1) is 94.5 Å². The summed E-state index contributed by atoms with van der Waals surface area (Å²) in [6, 6.07) is 31.7. The van der Waals surface area contributed by atoms with Gasteiger partial charge in [0.15, 0.2) is 29.2 Å². The summed E-state index contributed by atoms with van der Waals surface area (Å²) in [7, 11) is 4.54. The highest BCUT2D eigenvalue weighted by atomic mass is 35.6. The first-order valence-electron chi connectivity index (χ1n) is 37.8. The van der Waals surface area contributed by atoms with E-state index in [1.165, 1.54) is 26.4 Å². The number of rotatable bonds is 31. The van der Waals surface area contributed by atoms with Crippen molar-refractivity contribution in [1.82, 2.24) is 36.4 Å². The number of halogens is 3. The van der Waals surface area contributed by atoms with Gasteiger partial charge in [-0.15, -0.1) is 0 Å². The summed E-state index contributed by atoms with van der Waals surface area (Å²) < 4.78 is 38.4. The molecule has 6 aromatic rings. The largest absolute Gasteiger partial charge is 0.497 e. The van der Waals surface area contributed by atoms with Crippen LogP contribution in [0.5, 0.6) is 28.7 Å². The van der Waals surface area contributed by atoms with E-state index in [1.54, 1.807) is 84.2 Å². The van der Waals surface area contributed by atoms with E-state index < -0.39 is 101 Å². The van der Waals surface area contributed by atoms with Crippen molar-refractivity contribution in [2.45, 2.75) is 125 Å². The van der Waals surface area contributed by atoms with E-state index in [-0.39, 0.29) is 110 Å². The summed E-state index contributed by atoms with van der Waals surface area (Å²) in [5, 5.41) is 31.4. The van der Waals surface area contributed by atoms with Crippen molar-refractivity contribution in [1.29, 1.82) is 0 Å². The van der Waals surface area contributed by atoms with Gasteiger partial charge in [0.25, 0.3) is 11.8 Å². The third-order valence-corrected chi connectivity index (χ3v) is 21.0. The summed E-state index contributed by atoms with van der Waals surface area (Å²) in [6.45, 7) is 2.77. The van der Waals surface area contributed by atoms with Crippen LogP contribution in [-0.4, -0.2) is 182 Å². The molecule has 6 aromatic carbocycles. The molecular weight excluding hydrogens is 1550 g/mol. The number of aliphatic hydroxyl groups is 1. The molecular formula is C83H90Cl3N11O18. The summed E-state index contributed by atoms with van der Waals surface area (Å²) in [5.41, 5.74) is 6.59. The number of para-hydroxylation sites is 1. The van der Waals surface area contributed by atoms with Crippen LogP contribution >= 0.6 is 34.8 Å². The molecule has 1 saturated heterocycles. The molecule has 115 heavy (non-hydrogen) atoms. The number of fused-ring (bicyclic) bond motifs is 6. The highest BCUT2D eigenvalue weighted by Crippen LogP contribution is 2.57. The minimum atomic E-state index is -1.84. The van der Waals surface area contributed by atoms with Gasteiger partial charge in [-0.2, -0.15) is 0 Å². The Morgan fingerprint density at radius 1 is 0.687 bits per heavy atom. The fourth-order valence-corrected chi connectivity index (χ4v) is 14.5. The number of benzene rings is 6. The molecule has 5 aliphatic heterocycles. The number of hydrogen-bond acceptors (Lipinski definition) is 19. The second-order valence-electron chi connectivity index (χ2n) is 29.1. The first kappa shape index (κ1) is 83.0. The number of alkyl halides is 3. The number of nitrogens with zero attached hydrogens (tertiary/aromatic N) is 4. The van der Waals surface area contributed by atoms with E-state index in [2.05, 4.69) is 49.1 Å². The number of aliphatic hydroxyl groups excluding tert-OH is 1. The average molecular weight is 1640 g/mol. The van der Waals surface area contributed by atoms with Crippen molar-refractivity contribution in [2.75, 3.05) is 94.3 Å². The fraction of sp³-hybridized carbons (Fsp3) is 0.398. The van der Waals surface area contributed by atoms with Crippen LogP contribution in [0.15, 0.2) is 128 Å². The van der Waals surface area contributed by atoms with E-state index >= 15 is 0 Å². The minimum absolute atomic E-state index is 0.0245. The highest BCUT2D eigenvalue weighted by molar-refractivity contribution is 6.67. The van der Waals surface area contributed by atoms with Crippen LogP contribution in [0, 0.1) is 23.2 Å². The van der Waals surface area contributed by atoms with E-state index in [1.807, 2.05) is 66.9 Å². The van der Waals surface area contributed by atoms with Crippen molar-refractivity contribution < 1.29 is 86.2 Å². The van der Waals surface area contributed by atoms with Gasteiger partial charge in [-0.1, -0.05) is 115 Å². The zero-order valence-electron chi connectivity index (χ0n) is 64.0. The third-order valence-electron chi connectivity index (χ3n) is 20.7. The maximum Gasteiger partial charge on any atom is 0.416 e. The molecule has 1 spiro atoms. The monoisotopic (exact) mass is 1630 g/mol. The quantitative estimate of drug-likeness (QED) is 0.0114. The molecule has 0 aromatic heterocycles. The molecule has 12 rings (SSSR count). The van der Waals surface area contributed by atoms with Crippen molar-refractivity contribution in [3.05, 3.63) is 166 Å². The summed E-state index contributed by atoms with van der Waals surface area (Å²) in [5.74, 6) is 3.23. The molecule has 1 aliphatic carbocycles. The zero-order chi connectivity index (χ0) is 81.7. The van der Waals surface area contributed by atoms with Gasteiger partial charge in [-0.25, -0.2) is 14.5 Å². The van der Waals surface area contributed by atoms with E-state index in [4.69, 9.17) is 68.0 Å². The van der Waals surface area contributed by atoms with Crippen molar-refractivity contribution >= 4 is 123 Å². The predicted molar refractivity (Wildman–Crippen MR) is 428 cm³/mol. The third kappa shape index (κ3) is 20.7. The van der Waals surface area contributed by atoms with Crippen molar-refractivity contribution in [3.63, 3.8) is 0 Å². The molecule has 8 N–H and O–H groups in total. The van der Waals surface area contributed by atoms with Gasteiger partial charge in [0.2, 0.25) is 39.2 Å². The number of methoxy groups -OCH3 is 3. The normalized spacial score (nSPS) is 17.1. The lowest BCUT2D eigenvalue weighted by molar-refractivity contribution is -0.132. The van der Waals surface area contributed by atoms with Crippen LogP contribution in [0.25, 0.3) is 5.57 Å². The molecule has 29 nitrogen and oxygen atoms in total. The summed E-state index contributed by atoms with van der Waals surface area (Å²) in [4.78, 5) is 143. The van der Waals surface area contributed by atoms with Crippen molar-refractivity contribution in [3.8, 4) is 40.6 Å². The number of hydrogen-bond donors (Lipinski definition) is 8. The average Bonchev–Trinajstić information content (AvgIpc) is 1.57. The number of ether oxygens (including phenoxy) is 7. The molecule has 606 valence electrons. The Balaban J connectivity index is 0.649. The number of nitrogens with one attached hydrogen (secondary N) is 7. The second kappa shape index (κ2) is 37.2. The van der Waals surface area contributed by atoms with Gasteiger partial charge in [0, 0.05) is 74.0 Å². The lowest BCUT2D eigenvalue weighted by Crippen LogP contribution is -2.55. The number of carbonyl (C=O) groups is 10. The molecule has 10 amide bonds. The van der Waals surface area contributed by atoms with Crippen LogP contribution < -0.4 is 70.7 Å². The molecule has 0 bridgehead atoms. The summed E-state index contributed by atoms with van der Waals surface area (Å²) in [6.07, 6.45) is 1.84. The molecule has 5 atom stereocenters. The van der Waals surface area contributed by atoms with Crippen LogP contribution in [0.3, 0.4) is 0 Å². The van der Waals surface area contributed by atoms with Crippen molar-refractivity contribution in [2.24, 2.45) is 11.3 Å². The smallest absolute Gasteiger partial charge is 0.416 e. The first-order chi connectivity index (χ1) is 55.3. The van der Waals surface area contributed by atoms with E-state index in [9.17, 15) is 53.1 Å². The number of unbranched alkanes of at least 4 members (excludes halogenated alkanes) is 1. The number of carbonyl (C=O) groups excluding carboxylic acids is 10. The lowest BCUT2D eigenvalue weighted by atomic mass is 10.0. The second-order valence-corrected chi connectivity index (χ2v) is 31.6. The van der Waals surface area contributed by atoms with Gasteiger partial charge < -0.3 is 90.2 Å². The molecule has 2 fully saturated rings. The topological polar surface area (TPSA) is 353 Å². The van der Waals surface area contributed by atoms with E-state index in [0.717, 1.165) is 45.8 Å². The number of alkyl carbamates (subject to hydrolysis) is 1. The molecule has 1 unspecified atom stereocenters. The Kier molecular flexibility index (Phi) is 26.9. The molecule has 1 saturated carbocycles. The predicted octanol–water partition coefficient (Wildman–Crippen LogP) is 9.50.